The summed E-state index contributed by atoms with van der Waals surface area (Å²) in [7, 11) is 0. The van der Waals surface area contributed by atoms with Crippen molar-refractivity contribution >= 4 is 17.8 Å². The lowest BCUT2D eigenvalue weighted by atomic mass is 10.2. The van der Waals surface area contributed by atoms with Gasteiger partial charge in [-0.05, 0) is 47.5 Å². The Morgan fingerprint density at radius 3 is 2.23 bits per heavy atom. The molecule has 3 rings (SSSR count). The van der Waals surface area contributed by atoms with Crippen LogP contribution in [0.2, 0.25) is 0 Å². The van der Waals surface area contributed by atoms with E-state index in [4.69, 9.17) is 4.74 Å². The monoisotopic (exact) mass is 344 g/mol. The molecule has 4 nitrogen and oxygen atoms in total. The number of benzene rings is 3. The summed E-state index contributed by atoms with van der Waals surface area (Å²) < 4.78 is 5.52. The molecule has 4 heteroatoms. The number of hydrogen-bond acceptors (Lipinski definition) is 3. The minimum atomic E-state index is -0.149. The second-order valence-corrected chi connectivity index (χ2v) is 5.71. The second kappa shape index (κ2) is 9.18. The van der Waals surface area contributed by atoms with E-state index in [-0.39, 0.29) is 12.5 Å². The fraction of sp³-hybridized carbons (Fsp3) is 0.0909. The number of nitrogens with one attached hydrogen (secondary N) is 1. The average Bonchev–Trinajstić information content (AvgIpc) is 2.71. The number of aliphatic imine (C=N–C) groups is 1. The van der Waals surface area contributed by atoms with Crippen molar-refractivity contribution in [1.29, 1.82) is 0 Å². The zero-order valence-corrected chi connectivity index (χ0v) is 14.3. The number of hydrogen-bond donors (Lipinski definition) is 1. The summed E-state index contributed by atoms with van der Waals surface area (Å²) in [6.07, 6.45) is 1.80. The molecule has 0 saturated carbocycles. The third-order valence-electron chi connectivity index (χ3n) is 3.70. The highest BCUT2D eigenvalue weighted by Gasteiger charge is 2.02. The molecule has 0 spiro atoms. The number of carbonyl (C=O) groups is 1. The molecule has 3 aromatic rings. The average molecular weight is 344 g/mol. The quantitative estimate of drug-likeness (QED) is 0.655. The molecule has 26 heavy (non-hydrogen) atoms. The predicted octanol–water partition coefficient (Wildman–Crippen LogP) is 4.13. The van der Waals surface area contributed by atoms with Gasteiger partial charge in [-0.25, -0.2) is 0 Å². The Bertz CT molecular complexity index is 844. The summed E-state index contributed by atoms with van der Waals surface area (Å²) in [4.78, 5) is 16.3. The van der Waals surface area contributed by atoms with Gasteiger partial charge < -0.3 is 10.1 Å². The Morgan fingerprint density at radius 2 is 1.54 bits per heavy atom. The van der Waals surface area contributed by atoms with Crippen molar-refractivity contribution in [3.05, 3.63) is 96.1 Å². The molecule has 0 atom stereocenters. The van der Waals surface area contributed by atoms with Crippen LogP contribution in [0, 0.1) is 0 Å². The molecular weight excluding hydrogens is 324 g/mol. The van der Waals surface area contributed by atoms with Crippen LogP contribution < -0.4 is 10.1 Å². The van der Waals surface area contributed by atoms with Gasteiger partial charge in [-0.15, -0.1) is 0 Å². The van der Waals surface area contributed by atoms with Gasteiger partial charge in [0, 0.05) is 12.8 Å². The van der Waals surface area contributed by atoms with Gasteiger partial charge in [0.1, 0.15) is 5.75 Å². The van der Waals surface area contributed by atoms with E-state index in [9.17, 15) is 4.79 Å². The van der Waals surface area contributed by atoms with Crippen molar-refractivity contribution in [1.82, 2.24) is 5.32 Å². The standard InChI is InChI=1S/C22H20N2O2/c25-22(24-16-18-7-3-1-4-8-18)17-26-21-13-11-19(12-14-21)15-23-20-9-5-2-6-10-20/h1-15H,16-17H2,(H,24,25). The molecule has 1 amide bonds. The predicted molar refractivity (Wildman–Crippen MR) is 104 cm³/mol. The lowest BCUT2D eigenvalue weighted by molar-refractivity contribution is -0.123. The molecule has 1 N–H and O–H groups in total. The lowest BCUT2D eigenvalue weighted by Gasteiger charge is -2.07. The van der Waals surface area contributed by atoms with Gasteiger partial charge in [-0.1, -0.05) is 48.5 Å². The van der Waals surface area contributed by atoms with Gasteiger partial charge in [0.05, 0.1) is 5.69 Å². The molecule has 0 aliphatic rings. The van der Waals surface area contributed by atoms with Crippen LogP contribution >= 0.6 is 0 Å². The van der Waals surface area contributed by atoms with Crippen molar-refractivity contribution in [3.63, 3.8) is 0 Å². The summed E-state index contributed by atoms with van der Waals surface area (Å²) in [6, 6.07) is 27.0. The highest BCUT2D eigenvalue weighted by Crippen LogP contribution is 2.13. The molecule has 0 radical (unpaired) electrons. The van der Waals surface area contributed by atoms with E-state index in [1.165, 1.54) is 0 Å². The van der Waals surface area contributed by atoms with Crippen molar-refractivity contribution in [2.75, 3.05) is 6.61 Å². The van der Waals surface area contributed by atoms with Gasteiger partial charge >= 0.3 is 0 Å². The van der Waals surface area contributed by atoms with Crippen LogP contribution in [0.1, 0.15) is 11.1 Å². The Kier molecular flexibility index (Phi) is 6.15. The molecule has 0 bridgehead atoms. The van der Waals surface area contributed by atoms with Crippen LogP contribution in [0.3, 0.4) is 0 Å². The Hall–Kier alpha value is -3.40. The van der Waals surface area contributed by atoms with Gasteiger partial charge in [-0.3, -0.25) is 9.79 Å². The summed E-state index contributed by atoms with van der Waals surface area (Å²) in [5.41, 5.74) is 2.93. The number of ether oxygens (including phenoxy) is 1. The van der Waals surface area contributed by atoms with Gasteiger partial charge in [0.25, 0.3) is 5.91 Å². The minimum Gasteiger partial charge on any atom is -0.484 e. The third-order valence-corrected chi connectivity index (χ3v) is 3.70. The van der Waals surface area contributed by atoms with Crippen LogP contribution in [-0.2, 0) is 11.3 Å². The van der Waals surface area contributed by atoms with E-state index < -0.39 is 0 Å². The first kappa shape index (κ1) is 17.4. The molecule has 130 valence electrons. The maximum atomic E-state index is 11.9. The smallest absolute Gasteiger partial charge is 0.258 e. The van der Waals surface area contributed by atoms with Gasteiger partial charge in [0.15, 0.2) is 6.61 Å². The minimum absolute atomic E-state index is 0.00964. The first-order valence-corrected chi connectivity index (χ1v) is 8.42. The third kappa shape index (κ3) is 5.60. The molecule has 0 fully saturated rings. The van der Waals surface area contributed by atoms with Crippen molar-refractivity contribution in [2.24, 2.45) is 4.99 Å². The highest BCUT2D eigenvalue weighted by atomic mass is 16.5. The van der Waals surface area contributed by atoms with Crippen LogP contribution in [-0.4, -0.2) is 18.7 Å². The maximum Gasteiger partial charge on any atom is 0.258 e. The number of carbonyl (C=O) groups excluding carboxylic acids is 1. The Labute approximate surface area is 153 Å². The number of para-hydroxylation sites is 1. The Balaban J connectivity index is 1.45. The van der Waals surface area contributed by atoms with Crippen molar-refractivity contribution in [2.45, 2.75) is 6.54 Å². The summed E-state index contributed by atoms with van der Waals surface area (Å²) >= 11 is 0. The molecule has 3 aromatic carbocycles. The van der Waals surface area contributed by atoms with Crippen LogP contribution in [0.25, 0.3) is 0 Å². The molecule has 0 unspecified atom stereocenters. The first-order chi connectivity index (χ1) is 12.8. The van der Waals surface area contributed by atoms with E-state index in [1.807, 2.05) is 84.9 Å². The molecule has 0 aliphatic heterocycles. The van der Waals surface area contributed by atoms with Crippen LogP contribution in [0.5, 0.6) is 5.75 Å². The number of amides is 1. The fourth-order valence-corrected chi connectivity index (χ4v) is 2.31. The first-order valence-electron chi connectivity index (χ1n) is 8.42. The maximum absolute atomic E-state index is 11.9. The summed E-state index contributed by atoms with van der Waals surface area (Å²) in [5, 5.41) is 2.83. The van der Waals surface area contributed by atoms with Gasteiger partial charge in [-0.2, -0.15) is 0 Å². The summed E-state index contributed by atoms with van der Waals surface area (Å²) in [5.74, 6) is 0.500. The fourth-order valence-electron chi connectivity index (χ4n) is 2.31. The SMILES string of the molecule is O=C(COc1ccc(C=Nc2ccccc2)cc1)NCc1ccccc1. The van der Waals surface area contributed by atoms with Crippen molar-refractivity contribution in [3.8, 4) is 5.75 Å². The topological polar surface area (TPSA) is 50.7 Å². The number of rotatable bonds is 7. The molecule has 0 saturated heterocycles. The zero-order valence-electron chi connectivity index (χ0n) is 14.3. The molecule has 0 heterocycles. The lowest BCUT2D eigenvalue weighted by Crippen LogP contribution is -2.28. The second-order valence-electron chi connectivity index (χ2n) is 5.71. The highest BCUT2D eigenvalue weighted by molar-refractivity contribution is 5.82. The van der Waals surface area contributed by atoms with Gasteiger partial charge in [0.2, 0.25) is 0 Å². The van der Waals surface area contributed by atoms with Crippen molar-refractivity contribution < 1.29 is 9.53 Å². The van der Waals surface area contributed by atoms with E-state index in [0.717, 1.165) is 16.8 Å². The van der Waals surface area contributed by atoms with E-state index in [2.05, 4.69) is 10.3 Å². The largest absolute Gasteiger partial charge is 0.484 e. The molecule has 0 aromatic heterocycles. The summed E-state index contributed by atoms with van der Waals surface area (Å²) in [6.45, 7) is 0.488. The van der Waals surface area contributed by atoms with E-state index >= 15 is 0 Å². The van der Waals surface area contributed by atoms with E-state index in [0.29, 0.717) is 12.3 Å². The van der Waals surface area contributed by atoms with Crippen LogP contribution in [0.4, 0.5) is 5.69 Å². The van der Waals surface area contributed by atoms with Crippen LogP contribution in [0.15, 0.2) is 89.9 Å². The molecular formula is C22H20N2O2. The normalized spacial score (nSPS) is 10.6. The Morgan fingerprint density at radius 1 is 0.885 bits per heavy atom. The zero-order chi connectivity index (χ0) is 18.0. The number of nitrogens with zero attached hydrogens (tertiary/aromatic N) is 1. The molecule has 0 aliphatic carbocycles. The van der Waals surface area contributed by atoms with E-state index in [1.54, 1.807) is 6.21 Å².